The summed E-state index contributed by atoms with van der Waals surface area (Å²) >= 11 is 0. The molecule has 1 aliphatic heterocycles. The molecule has 1 saturated heterocycles. The van der Waals surface area contributed by atoms with E-state index in [-0.39, 0.29) is 18.3 Å². The van der Waals surface area contributed by atoms with E-state index in [1.807, 2.05) is 31.2 Å². The zero-order chi connectivity index (χ0) is 15.3. The lowest BCUT2D eigenvalue weighted by molar-refractivity contribution is 0.106. The number of aliphatic hydroxyl groups excluding tert-OH is 1. The van der Waals surface area contributed by atoms with E-state index in [9.17, 15) is 13.5 Å². The number of ether oxygens (including phenoxy) is 1. The minimum Gasteiger partial charge on any atom is -0.491 e. The first-order chi connectivity index (χ1) is 9.94. The molecule has 1 heterocycles. The fourth-order valence-corrected chi connectivity index (χ4v) is 4.23. The minimum atomic E-state index is -2.82. The highest BCUT2D eigenvalue weighted by atomic mass is 32.2. The first-order valence-electron chi connectivity index (χ1n) is 7.23. The van der Waals surface area contributed by atoms with Gasteiger partial charge in [0.2, 0.25) is 0 Å². The van der Waals surface area contributed by atoms with Crippen LogP contribution in [0.2, 0.25) is 0 Å². The van der Waals surface area contributed by atoms with Crippen molar-refractivity contribution in [2.24, 2.45) is 5.92 Å². The molecule has 0 amide bonds. The van der Waals surface area contributed by atoms with Crippen molar-refractivity contribution in [1.29, 1.82) is 0 Å². The Morgan fingerprint density at radius 3 is 2.71 bits per heavy atom. The third-order valence-corrected chi connectivity index (χ3v) is 5.44. The van der Waals surface area contributed by atoms with E-state index < -0.39 is 15.9 Å². The summed E-state index contributed by atoms with van der Waals surface area (Å²) in [4.78, 5) is 0. The van der Waals surface area contributed by atoms with Crippen molar-refractivity contribution in [3.05, 3.63) is 29.8 Å². The molecule has 118 valence electrons. The van der Waals surface area contributed by atoms with Gasteiger partial charge in [-0.2, -0.15) is 0 Å². The third kappa shape index (κ3) is 5.65. The van der Waals surface area contributed by atoms with Gasteiger partial charge in [0.1, 0.15) is 18.5 Å². The predicted molar refractivity (Wildman–Crippen MR) is 82.3 cm³/mol. The molecule has 0 radical (unpaired) electrons. The largest absolute Gasteiger partial charge is 0.491 e. The second kappa shape index (κ2) is 7.24. The highest BCUT2D eigenvalue weighted by Crippen LogP contribution is 2.17. The minimum absolute atomic E-state index is 0.167. The molecule has 0 aliphatic carbocycles. The summed E-state index contributed by atoms with van der Waals surface area (Å²) in [5, 5.41) is 13.0. The lowest BCUT2D eigenvalue weighted by atomic mass is 10.1. The van der Waals surface area contributed by atoms with Crippen LogP contribution in [0, 0.1) is 12.8 Å². The molecule has 2 atom stereocenters. The van der Waals surface area contributed by atoms with Gasteiger partial charge < -0.3 is 15.2 Å². The van der Waals surface area contributed by atoms with Gasteiger partial charge in [0, 0.05) is 6.54 Å². The van der Waals surface area contributed by atoms with Crippen LogP contribution >= 0.6 is 0 Å². The quantitative estimate of drug-likeness (QED) is 0.777. The van der Waals surface area contributed by atoms with Crippen molar-refractivity contribution in [3.8, 4) is 5.75 Å². The topological polar surface area (TPSA) is 75.6 Å². The first-order valence-corrected chi connectivity index (χ1v) is 9.05. The van der Waals surface area contributed by atoms with Crippen LogP contribution < -0.4 is 10.1 Å². The lowest BCUT2D eigenvalue weighted by Gasteiger charge is -2.15. The first kappa shape index (κ1) is 16.3. The smallest absolute Gasteiger partial charge is 0.150 e. The molecular formula is C15H23NO4S. The van der Waals surface area contributed by atoms with Crippen LogP contribution in [0.15, 0.2) is 24.3 Å². The van der Waals surface area contributed by atoms with Crippen LogP contribution in [0.5, 0.6) is 5.75 Å². The molecule has 21 heavy (non-hydrogen) atoms. The van der Waals surface area contributed by atoms with Gasteiger partial charge in [-0.15, -0.1) is 0 Å². The summed E-state index contributed by atoms with van der Waals surface area (Å²) < 4.78 is 28.1. The van der Waals surface area contributed by atoms with Crippen molar-refractivity contribution >= 4 is 9.84 Å². The molecule has 1 aromatic rings. The van der Waals surface area contributed by atoms with E-state index in [0.29, 0.717) is 25.3 Å². The number of hydrogen-bond donors (Lipinski definition) is 2. The summed E-state index contributed by atoms with van der Waals surface area (Å²) in [6.45, 7) is 3.26. The fourth-order valence-electron chi connectivity index (χ4n) is 2.37. The van der Waals surface area contributed by atoms with Crippen LogP contribution in [0.1, 0.15) is 12.0 Å². The molecule has 1 aromatic carbocycles. The molecule has 0 bridgehead atoms. The maximum Gasteiger partial charge on any atom is 0.150 e. The van der Waals surface area contributed by atoms with Crippen LogP contribution in [-0.4, -0.2) is 50.8 Å². The Bertz CT molecular complexity index is 541. The zero-order valence-corrected chi connectivity index (χ0v) is 13.1. The molecule has 2 N–H and O–H groups in total. The Hall–Kier alpha value is -1.11. The molecule has 0 aromatic heterocycles. The normalized spacial score (nSPS) is 22.1. The second-order valence-corrected chi connectivity index (χ2v) is 7.93. The highest BCUT2D eigenvalue weighted by molar-refractivity contribution is 7.91. The zero-order valence-electron chi connectivity index (χ0n) is 12.3. The standard InChI is InChI=1S/C15H23NO4S/c1-12-2-4-15(5-3-12)20-10-14(17)9-16-8-13-6-7-21(18,19)11-13/h2-5,13-14,16-17H,6-11H2,1H3. The van der Waals surface area contributed by atoms with Crippen molar-refractivity contribution in [1.82, 2.24) is 5.32 Å². The number of nitrogens with one attached hydrogen (secondary N) is 1. The highest BCUT2D eigenvalue weighted by Gasteiger charge is 2.27. The second-order valence-electron chi connectivity index (χ2n) is 5.71. The number of benzene rings is 1. The van der Waals surface area contributed by atoms with E-state index in [1.165, 1.54) is 0 Å². The molecular weight excluding hydrogens is 290 g/mol. The average Bonchev–Trinajstić information content (AvgIpc) is 2.78. The van der Waals surface area contributed by atoms with Gasteiger partial charge in [0.15, 0.2) is 9.84 Å². The van der Waals surface area contributed by atoms with Gasteiger partial charge in [-0.1, -0.05) is 17.7 Å². The predicted octanol–water partition coefficient (Wildman–Crippen LogP) is 0.759. The van der Waals surface area contributed by atoms with Gasteiger partial charge in [-0.3, -0.25) is 0 Å². The molecule has 0 saturated carbocycles. The summed E-state index contributed by atoms with van der Waals surface area (Å²) in [6.07, 6.45) is 0.106. The van der Waals surface area contributed by atoms with Crippen LogP contribution in [0.3, 0.4) is 0 Å². The molecule has 1 fully saturated rings. The Labute approximate surface area is 126 Å². The number of rotatable bonds is 7. The van der Waals surface area contributed by atoms with Gasteiger partial charge in [0.25, 0.3) is 0 Å². The number of aliphatic hydroxyl groups is 1. The third-order valence-electron chi connectivity index (χ3n) is 3.60. The SMILES string of the molecule is Cc1ccc(OCC(O)CNCC2CCS(=O)(=O)C2)cc1. The average molecular weight is 313 g/mol. The molecule has 6 heteroatoms. The van der Waals surface area contributed by atoms with Crippen molar-refractivity contribution in [2.75, 3.05) is 31.2 Å². The lowest BCUT2D eigenvalue weighted by Crippen LogP contribution is -2.34. The van der Waals surface area contributed by atoms with E-state index in [0.717, 1.165) is 11.3 Å². The molecule has 1 aliphatic rings. The van der Waals surface area contributed by atoms with Crippen molar-refractivity contribution in [2.45, 2.75) is 19.4 Å². The van der Waals surface area contributed by atoms with Gasteiger partial charge in [0.05, 0.1) is 11.5 Å². The van der Waals surface area contributed by atoms with Crippen LogP contribution in [-0.2, 0) is 9.84 Å². The molecule has 5 nitrogen and oxygen atoms in total. The maximum absolute atomic E-state index is 11.3. The molecule has 2 unspecified atom stereocenters. The summed E-state index contributed by atoms with van der Waals surface area (Å²) in [5.41, 5.74) is 1.16. The Morgan fingerprint density at radius 1 is 1.38 bits per heavy atom. The van der Waals surface area contributed by atoms with Crippen molar-refractivity contribution in [3.63, 3.8) is 0 Å². The maximum atomic E-state index is 11.3. The van der Waals surface area contributed by atoms with E-state index >= 15 is 0 Å². The van der Waals surface area contributed by atoms with E-state index in [4.69, 9.17) is 4.74 Å². The van der Waals surface area contributed by atoms with E-state index in [1.54, 1.807) is 0 Å². The molecule has 2 rings (SSSR count). The fraction of sp³-hybridized carbons (Fsp3) is 0.600. The Balaban J connectivity index is 1.61. The number of aryl methyl sites for hydroxylation is 1. The summed E-state index contributed by atoms with van der Waals surface area (Å²) in [7, 11) is -2.82. The monoisotopic (exact) mass is 313 g/mol. The van der Waals surface area contributed by atoms with E-state index in [2.05, 4.69) is 5.32 Å². The van der Waals surface area contributed by atoms with Gasteiger partial charge in [-0.05, 0) is 37.9 Å². The Kier molecular flexibility index (Phi) is 5.61. The van der Waals surface area contributed by atoms with Gasteiger partial charge in [-0.25, -0.2) is 8.42 Å². The van der Waals surface area contributed by atoms with Crippen LogP contribution in [0.4, 0.5) is 0 Å². The summed E-state index contributed by atoms with van der Waals surface area (Å²) in [5.74, 6) is 1.45. The Morgan fingerprint density at radius 2 is 2.10 bits per heavy atom. The number of sulfone groups is 1. The summed E-state index contributed by atoms with van der Waals surface area (Å²) in [6, 6.07) is 7.67. The molecule has 0 spiro atoms. The van der Waals surface area contributed by atoms with Gasteiger partial charge >= 0.3 is 0 Å². The van der Waals surface area contributed by atoms with Crippen molar-refractivity contribution < 1.29 is 18.3 Å². The number of hydrogen-bond acceptors (Lipinski definition) is 5. The van der Waals surface area contributed by atoms with Crippen LogP contribution in [0.25, 0.3) is 0 Å².